The lowest BCUT2D eigenvalue weighted by atomic mass is 10.1. The van der Waals surface area contributed by atoms with Crippen LogP contribution in [0.15, 0.2) is 42.5 Å². The van der Waals surface area contributed by atoms with Crippen molar-refractivity contribution in [2.45, 2.75) is 19.0 Å². The van der Waals surface area contributed by atoms with Crippen LogP contribution in [0.2, 0.25) is 5.02 Å². The number of carboxylic acids is 1. The molecule has 24 heavy (non-hydrogen) atoms. The fourth-order valence-corrected chi connectivity index (χ4v) is 2.70. The summed E-state index contributed by atoms with van der Waals surface area (Å²) >= 11 is 6.32. The summed E-state index contributed by atoms with van der Waals surface area (Å²) in [5.41, 5.74) is 1.70. The highest BCUT2D eigenvalue weighted by atomic mass is 35.5. The SMILES string of the molecule is COc1ccc(CN[C@H](Cc2ccccc2)C(=O)O)c(Cl)c1OC. The zero-order chi connectivity index (χ0) is 17.5. The highest BCUT2D eigenvalue weighted by molar-refractivity contribution is 6.33. The quantitative estimate of drug-likeness (QED) is 0.766. The number of ether oxygens (including phenoxy) is 2. The van der Waals surface area contributed by atoms with E-state index in [9.17, 15) is 9.90 Å². The second-order valence-corrected chi connectivity index (χ2v) is 5.61. The Morgan fingerprint density at radius 3 is 2.46 bits per heavy atom. The molecule has 2 aromatic rings. The highest BCUT2D eigenvalue weighted by Crippen LogP contribution is 2.37. The molecule has 0 saturated carbocycles. The van der Waals surface area contributed by atoms with Crippen LogP contribution in [0.4, 0.5) is 0 Å². The summed E-state index contributed by atoms with van der Waals surface area (Å²) in [6.07, 6.45) is 0.390. The van der Waals surface area contributed by atoms with Gasteiger partial charge in [0.05, 0.1) is 19.2 Å². The van der Waals surface area contributed by atoms with Gasteiger partial charge in [0.1, 0.15) is 6.04 Å². The summed E-state index contributed by atoms with van der Waals surface area (Å²) < 4.78 is 10.4. The van der Waals surface area contributed by atoms with Crippen LogP contribution in [-0.4, -0.2) is 31.3 Å². The largest absolute Gasteiger partial charge is 0.493 e. The molecule has 0 unspecified atom stereocenters. The third-order valence-electron chi connectivity index (χ3n) is 3.68. The normalized spacial score (nSPS) is 11.8. The lowest BCUT2D eigenvalue weighted by Gasteiger charge is -2.17. The zero-order valence-electron chi connectivity index (χ0n) is 13.6. The lowest BCUT2D eigenvalue weighted by molar-refractivity contribution is -0.139. The minimum atomic E-state index is -0.907. The van der Waals surface area contributed by atoms with Gasteiger partial charge in [-0.15, -0.1) is 0 Å². The number of rotatable bonds is 8. The van der Waals surface area contributed by atoms with Crippen LogP contribution in [0.5, 0.6) is 11.5 Å². The van der Waals surface area contributed by atoms with Crippen molar-refractivity contribution in [2.24, 2.45) is 0 Å². The molecule has 0 bridgehead atoms. The van der Waals surface area contributed by atoms with Crippen molar-refractivity contribution < 1.29 is 19.4 Å². The molecule has 5 nitrogen and oxygen atoms in total. The molecule has 0 radical (unpaired) electrons. The van der Waals surface area contributed by atoms with Gasteiger partial charge in [-0.3, -0.25) is 10.1 Å². The first-order valence-corrected chi connectivity index (χ1v) is 7.84. The van der Waals surface area contributed by atoms with Crippen molar-refractivity contribution in [1.82, 2.24) is 5.32 Å². The van der Waals surface area contributed by atoms with Gasteiger partial charge in [-0.1, -0.05) is 48.0 Å². The van der Waals surface area contributed by atoms with E-state index in [1.165, 1.54) is 14.2 Å². The number of halogens is 1. The van der Waals surface area contributed by atoms with Crippen LogP contribution in [-0.2, 0) is 17.8 Å². The molecule has 0 aromatic heterocycles. The third kappa shape index (κ3) is 4.40. The topological polar surface area (TPSA) is 67.8 Å². The van der Waals surface area contributed by atoms with Gasteiger partial charge in [0.2, 0.25) is 0 Å². The smallest absolute Gasteiger partial charge is 0.321 e. The van der Waals surface area contributed by atoms with E-state index < -0.39 is 12.0 Å². The molecule has 0 heterocycles. The highest BCUT2D eigenvalue weighted by Gasteiger charge is 2.19. The van der Waals surface area contributed by atoms with E-state index in [2.05, 4.69) is 5.32 Å². The molecule has 2 N–H and O–H groups in total. The molecule has 1 atom stereocenters. The van der Waals surface area contributed by atoms with Crippen LogP contribution in [0, 0.1) is 0 Å². The van der Waals surface area contributed by atoms with Gasteiger partial charge in [0.15, 0.2) is 11.5 Å². The average Bonchev–Trinajstić information content (AvgIpc) is 2.59. The van der Waals surface area contributed by atoms with Gasteiger partial charge in [-0.2, -0.15) is 0 Å². The molecule has 0 amide bonds. The monoisotopic (exact) mass is 349 g/mol. The average molecular weight is 350 g/mol. The minimum Gasteiger partial charge on any atom is -0.493 e. The molecule has 0 aliphatic rings. The summed E-state index contributed by atoms with van der Waals surface area (Å²) in [5.74, 6) is 0.0640. The summed E-state index contributed by atoms with van der Waals surface area (Å²) in [6.45, 7) is 0.309. The maximum atomic E-state index is 11.5. The second kappa shape index (κ2) is 8.57. The molecule has 128 valence electrons. The van der Waals surface area contributed by atoms with Crippen LogP contribution in [0.1, 0.15) is 11.1 Å². The number of aliphatic carboxylic acids is 1. The Kier molecular flexibility index (Phi) is 6.46. The minimum absolute atomic E-state index is 0.309. The van der Waals surface area contributed by atoms with E-state index >= 15 is 0 Å². The van der Waals surface area contributed by atoms with E-state index in [0.717, 1.165) is 11.1 Å². The van der Waals surface area contributed by atoms with Gasteiger partial charge >= 0.3 is 5.97 Å². The van der Waals surface area contributed by atoms with E-state index in [-0.39, 0.29) is 0 Å². The van der Waals surface area contributed by atoms with Crippen molar-refractivity contribution in [1.29, 1.82) is 0 Å². The van der Waals surface area contributed by atoms with Gasteiger partial charge < -0.3 is 14.6 Å². The van der Waals surface area contributed by atoms with Crippen molar-refractivity contribution in [2.75, 3.05) is 14.2 Å². The van der Waals surface area contributed by atoms with Gasteiger partial charge in [-0.25, -0.2) is 0 Å². The zero-order valence-corrected chi connectivity index (χ0v) is 14.3. The van der Waals surface area contributed by atoms with Crippen molar-refractivity contribution in [3.05, 3.63) is 58.6 Å². The Morgan fingerprint density at radius 1 is 1.17 bits per heavy atom. The third-order valence-corrected chi connectivity index (χ3v) is 4.10. The number of nitrogens with one attached hydrogen (secondary N) is 1. The van der Waals surface area contributed by atoms with E-state index in [0.29, 0.717) is 29.5 Å². The van der Waals surface area contributed by atoms with Crippen LogP contribution in [0.25, 0.3) is 0 Å². The van der Waals surface area contributed by atoms with Crippen LogP contribution >= 0.6 is 11.6 Å². The molecule has 0 aliphatic carbocycles. The Morgan fingerprint density at radius 2 is 1.88 bits per heavy atom. The van der Waals surface area contributed by atoms with Crippen molar-refractivity contribution >= 4 is 17.6 Å². The van der Waals surface area contributed by atoms with E-state index in [1.807, 2.05) is 30.3 Å². The first kappa shape index (κ1) is 18.1. The first-order chi connectivity index (χ1) is 11.6. The Balaban J connectivity index is 2.11. The van der Waals surface area contributed by atoms with E-state index in [1.54, 1.807) is 12.1 Å². The van der Waals surface area contributed by atoms with Crippen molar-refractivity contribution in [3.63, 3.8) is 0 Å². The first-order valence-electron chi connectivity index (χ1n) is 7.46. The fourth-order valence-electron chi connectivity index (χ4n) is 2.40. The number of benzene rings is 2. The van der Waals surface area contributed by atoms with Crippen LogP contribution < -0.4 is 14.8 Å². The van der Waals surface area contributed by atoms with Crippen molar-refractivity contribution in [3.8, 4) is 11.5 Å². The van der Waals surface area contributed by atoms with E-state index in [4.69, 9.17) is 21.1 Å². The number of carboxylic acid groups (broad SMARTS) is 1. The summed E-state index contributed by atoms with van der Waals surface area (Å²) in [6, 6.07) is 12.3. The molecule has 2 rings (SSSR count). The molecular weight excluding hydrogens is 330 g/mol. The van der Waals surface area contributed by atoms with Gasteiger partial charge in [0, 0.05) is 6.54 Å². The Hall–Kier alpha value is -2.24. The van der Waals surface area contributed by atoms with Gasteiger partial charge in [0.25, 0.3) is 0 Å². The second-order valence-electron chi connectivity index (χ2n) is 5.24. The predicted octanol–water partition coefficient (Wildman–Crippen LogP) is 3.14. The molecule has 0 aliphatic heterocycles. The summed E-state index contributed by atoms with van der Waals surface area (Å²) in [5, 5.41) is 12.9. The fraction of sp³-hybridized carbons (Fsp3) is 0.278. The Labute approximate surface area is 146 Å². The lowest BCUT2D eigenvalue weighted by Crippen LogP contribution is -2.38. The molecule has 0 fully saturated rings. The summed E-state index contributed by atoms with van der Waals surface area (Å²) in [7, 11) is 3.04. The number of hydrogen-bond acceptors (Lipinski definition) is 4. The molecular formula is C18H20ClNO4. The maximum absolute atomic E-state index is 11.5. The standard InChI is InChI=1S/C18H20ClNO4/c1-23-15-9-8-13(16(19)17(15)24-2)11-20-14(18(21)22)10-12-6-4-3-5-7-12/h3-9,14,20H,10-11H2,1-2H3,(H,21,22)/t14-/m1/s1. The number of hydrogen-bond donors (Lipinski definition) is 2. The Bertz CT molecular complexity index is 691. The van der Waals surface area contributed by atoms with Gasteiger partial charge in [-0.05, 0) is 23.6 Å². The molecule has 2 aromatic carbocycles. The number of methoxy groups -OCH3 is 2. The molecule has 6 heteroatoms. The number of carbonyl (C=O) groups is 1. The van der Waals surface area contributed by atoms with Crippen LogP contribution in [0.3, 0.4) is 0 Å². The molecule has 0 saturated heterocycles. The predicted molar refractivity (Wildman–Crippen MR) is 93.0 cm³/mol. The molecule has 0 spiro atoms. The maximum Gasteiger partial charge on any atom is 0.321 e. The summed E-state index contributed by atoms with van der Waals surface area (Å²) in [4.78, 5) is 11.5.